The van der Waals surface area contributed by atoms with Gasteiger partial charge in [0.2, 0.25) is 5.60 Å². The number of nitrogens with one attached hydrogen (secondary N) is 2. The van der Waals surface area contributed by atoms with Crippen molar-refractivity contribution in [3.63, 3.8) is 0 Å². The molecule has 0 aliphatic carbocycles. The van der Waals surface area contributed by atoms with Gasteiger partial charge < -0.3 is 14.8 Å². The summed E-state index contributed by atoms with van der Waals surface area (Å²) in [5.41, 5.74) is -3.17. The topological polar surface area (TPSA) is 87.4 Å². The lowest BCUT2D eigenvalue weighted by Crippen LogP contribution is -2.45. The van der Waals surface area contributed by atoms with Crippen LogP contribution in [0.15, 0.2) is 28.1 Å². The Kier molecular flexibility index (Phi) is 4.95. The third-order valence-electron chi connectivity index (χ3n) is 3.04. The molecule has 126 valence electrons. The van der Waals surface area contributed by atoms with Gasteiger partial charge in [-0.05, 0) is 19.1 Å². The number of hydrogen-bond donors (Lipinski definition) is 3. The molecule has 0 saturated carbocycles. The SMILES string of the molecule is Cc1ccc([C@@](O)(CCNC(=O)Nc2nccs2)C(F)(F)F)o1. The lowest BCUT2D eigenvalue weighted by Gasteiger charge is -2.28. The van der Waals surface area contributed by atoms with Gasteiger partial charge in [-0.2, -0.15) is 13.2 Å². The number of aryl methyl sites for hydroxylation is 1. The van der Waals surface area contributed by atoms with Crippen molar-refractivity contribution in [1.29, 1.82) is 0 Å². The maximum atomic E-state index is 13.2. The summed E-state index contributed by atoms with van der Waals surface area (Å²) >= 11 is 1.17. The molecule has 0 fully saturated rings. The average Bonchev–Trinajstić information content (AvgIpc) is 3.09. The molecule has 2 amide bonds. The Labute approximate surface area is 133 Å². The van der Waals surface area contributed by atoms with Gasteiger partial charge in [0.25, 0.3) is 0 Å². The van der Waals surface area contributed by atoms with Crippen LogP contribution in [0, 0.1) is 6.92 Å². The number of aromatic nitrogens is 1. The Bertz CT molecular complexity index is 657. The van der Waals surface area contributed by atoms with Crippen molar-refractivity contribution in [3.8, 4) is 0 Å². The van der Waals surface area contributed by atoms with Gasteiger partial charge in [0.05, 0.1) is 0 Å². The molecule has 0 aliphatic rings. The van der Waals surface area contributed by atoms with Gasteiger partial charge in [-0.3, -0.25) is 5.32 Å². The van der Waals surface area contributed by atoms with Crippen LogP contribution in [0.3, 0.4) is 0 Å². The molecule has 0 bridgehead atoms. The van der Waals surface area contributed by atoms with E-state index in [1.54, 1.807) is 5.38 Å². The average molecular weight is 349 g/mol. The molecule has 1 atom stereocenters. The van der Waals surface area contributed by atoms with Crippen molar-refractivity contribution >= 4 is 22.5 Å². The first-order valence-electron chi connectivity index (χ1n) is 6.53. The third-order valence-corrected chi connectivity index (χ3v) is 3.73. The Morgan fingerprint density at radius 1 is 1.43 bits per heavy atom. The first-order valence-corrected chi connectivity index (χ1v) is 7.41. The molecule has 2 rings (SSSR count). The molecule has 23 heavy (non-hydrogen) atoms. The molecule has 2 aromatic rings. The number of alkyl halides is 3. The molecule has 0 saturated heterocycles. The molecular weight excluding hydrogens is 335 g/mol. The van der Waals surface area contributed by atoms with E-state index in [4.69, 9.17) is 4.42 Å². The summed E-state index contributed by atoms with van der Waals surface area (Å²) < 4.78 is 44.5. The van der Waals surface area contributed by atoms with Crippen LogP contribution in [0.2, 0.25) is 0 Å². The lowest BCUT2D eigenvalue weighted by atomic mass is 9.96. The minimum absolute atomic E-state index is 0.247. The van der Waals surface area contributed by atoms with Crippen LogP contribution in [-0.2, 0) is 5.60 Å². The van der Waals surface area contributed by atoms with Gasteiger partial charge in [-0.25, -0.2) is 9.78 Å². The van der Waals surface area contributed by atoms with E-state index in [0.717, 1.165) is 6.07 Å². The second-order valence-electron chi connectivity index (χ2n) is 4.74. The number of halogens is 3. The zero-order valence-corrected chi connectivity index (χ0v) is 12.8. The van der Waals surface area contributed by atoms with E-state index in [1.807, 2.05) is 0 Å². The number of thiazole rings is 1. The van der Waals surface area contributed by atoms with Crippen molar-refractivity contribution in [2.75, 3.05) is 11.9 Å². The first kappa shape index (κ1) is 17.3. The maximum Gasteiger partial charge on any atom is 0.424 e. The fourth-order valence-corrected chi connectivity index (χ4v) is 2.37. The van der Waals surface area contributed by atoms with E-state index in [-0.39, 0.29) is 5.76 Å². The number of carbonyl (C=O) groups is 1. The van der Waals surface area contributed by atoms with Crippen molar-refractivity contribution in [3.05, 3.63) is 35.2 Å². The highest BCUT2D eigenvalue weighted by atomic mass is 32.1. The Morgan fingerprint density at radius 2 is 2.17 bits per heavy atom. The summed E-state index contributed by atoms with van der Waals surface area (Å²) in [7, 11) is 0. The number of amides is 2. The normalized spacial score (nSPS) is 14.3. The number of aliphatic hydroxyl groups is 1. The predicted molar refractivity (Wildman–Crippen MR) is 77.1 cm³/mol. The van der Waals surface area contributed by atoms with E-state index in [1.165, 1.54) is 30.5 Å². The number of nitrogens with zero attached hydrogens (tertiary/aromatic N) is 1. The molecule has 0 aromatic carbocycles. The Hall–Kier alpha value is -2.07. The summed E-state index contributed by atoms with van der Waals surface area (Å²) in [6.45, 7) is 1.06. The Morgan fingerprint density at radius 3 is 2.70 bits per heavy atom. The van der Waals surface area contributed by atoms with Crippen LogP contribution in [0.1, 0.15) is 17.9 Å². The number of hydrogen-bond acceptors (Lipinski definition) is 5. The molecule has 0 radical (unpaired) electrons. The second-order valence-corrected chi connectivity index (χ2v) is 5.63. The van der Waals surface area contributed by atoms with Gasteiger partial charge in [0.1, 0.15) is 11.5 Å². The minimum atomic E-state index is -4.94. The largest absolute Gasteiger partial charge is 0.463 e. The molecule has 3 N–H and O–H groups in total. The van der Waals surface area contributed by atoms with Crippen LogP contribution in [0.5, 0.6) is 0 Å². The van der Waals surface area contributed by atoms with Crippen LogP contribution in [0.25, 0.3) is 0 Å². The van der Waals surface area contributed by atoms with E-state index < -0.39 is 36.5 Å². The summed E-state index contributed by atoms with van der Waals surface area (Å²) in [4.78, 5) is 15.3. The summed E-state index contributed by atoms with van der Waals surface area (Å²) in [6.07, 6.45) is -4.25. The Balaban J connectivity index is 1.98. The van der Waals surface area contributed by atoms with Crippen molar-refractivity contribution in [2.24, 2.45) is 0 Å². The van der Waals surface area contributed by atoms with Gasteiger partial charge in [-0.15, -0.1) is 11.3 Å². The third kappa shape index (κ3) is 4.02. The van der Waals surface area contributed by atoms with Gasteiger partial charge >= 0.3 is 12.2 Å². The molecule has 2 aromatic heterocycles. The van der Waals surface area contributed by atoms with Crippen LogP contribution in [-0.4, -0.2) is 28.8 Å². The molecular formula is C13H14F3N3O3S. The van der Waals surface area contributed by atoms with Crippen molar-refractivity contribution in [1.82, 2.24) is 10.3 Å². The second kappa shape index (κ2) is 6.59. The van der Waals surface area contributed by atoms with E-state index in [0.29, 0.717) is 5.13 Å². The zero-order valence-electron chi connectivity index (χ0n) is 12.0. The highest BCUT2D eigenvalue weighted by Gasteiger charge is 2.56. The maximum absolute atomic E-state index is 13.2. The lowest BCUT2D eigenvalue weighted by molar-refractivity contribution is -0.274. The standard InChI is InChI=1S/C13H14F3N3O3S/c1-8-2-3-9(22-8)12(21,13(14,15)16)4-5-17-10(20)19-11-18-6-7-23-11/h2-3,6-7,21H,4-5H2,1H3,(H2,17,18,19,20)/t12-/m0/s1. The van der Waals surface area contributed by atoms with Crippen molar-refractivity contribution < 1.29 is 27.5 Å². The van der Waals surface area contributed by atoms with Crippen molar-refractivity contribution in [2.45, 2.75) is 25.1 Å². The van der Waals surface area contributed by atoms with Crippen LogP contribution in [0.4, 0.5) is 23.1 Å². The summed E-state index contributed by atoms with van der Waals surface area (Å²) in [5, 5.41) is 16.6. The highest BCUT2D eigenvalue weighted by Crippen LogP contribution is 2.41. The smallest absolute Gasteiger partial charge is 0.424 e. The molecule has 10 heteroatoms. The summed E-state index contributed by atoms with van der Waals surface area (Å²) in [6, 6.07) is 1.69. The first-order chi connectivity index (χ1) is 10.7. The minimum Gasteiger partial charge on any atom is -0.463 e. The summed E-state index contributed by atoms with van der Waals surface area (Å²) in [5.74, 6) is -0.359. The molecule has 2 heterocycles. The molecule has 6 nitrogen and oxygen atoms in total. The van der Waals surface area contributed by atoms with E-state index in [9.17, 15) is 23.1 Å². The highest BCUT2D eigenvalue weighted by molar-refractivity contribution is 7.13. The van der Waals surface area contributed by atoms with Gasteiger partial charge in [0.15, 0.2) is 5.13 Å². The number of carbonyl (C=O) groups excluding carboxylic acids is 1. The van der Waals surface area contributed by atoms with Crippen LogP contribution >= 0.6 is 11.3 Å². The van der Waals surface area contributed by atoms with Gasteiger partial charge in [0, 0.05) is 24.5 Å². The molecule has 0 spiro atoms. The number of urea groups is 1. The predicted octanol–water partition coefficient (Wildman–Crippen LogP) is 3.01. The monoisotopic (exact) mass is 349 g/mol. The number of rotatable bonds is 5. The molecule has 0 unspecified atom stereocenters. The van der Waals surface area contributed by atoms with E-state index in [2.05, 4.69) is 15.6 Å². The quantitative estimate of drug-likeness (QED) is 0.774. The number of furan rings is 1. The molecule has 0 aliphatic heterocycles. The van der Waals surface area contributed by atoms with Gasteiger partial charge in [-0.1, -0.05) is 0 Å². The number of anilines is 1. The van der Waals surface area contributed by atoms with Crippen LogP contribution < -0.4 is 10.6 Å². The fraction of sp³-hybridized carbons (Fsp3) is 0.385. The van der Waals surface area contributed by atoms with E-state index >= 15 is 0 Å². The fourth-order valence-electron chi connectivity index (χ4n) is 1.84. The zero-order chi connectivity index (χ0) is 17.1.